The highest BCUT2D eigenvalue weighted by atomic mass is 16.7. The summed E-state index contributed by atoms with van der Waals surface area (Å²) in [7, 11) is 0. The predicted molar refractivity (Wildman–Crippen MR) is 183 cm³/mol. The monoisotopic (exact) mass is 717 g/mol. The maximum atomic E-state index is 13.1. The molecule has 50 heavy (non-hydrogen) atoms. The highest BCUT2D eigenvalue weighted by molar-refractivity contribution is 5.87. The summed E-state index contributed by atoms with van der Waals surface area (Å²) in [5.41, 5.74) is 0. The third kappa shape index (κ3) is 17.9. The van der Waals surface area contributed by atoms with Crippen molar-refractivity contribution in [3.05, 3.63) is 0 Å². The number of hydrogen-bond acceptors (Lipinski definition) is 12. The molecule has 0 aromatic carbocycles. The van der Waals surface area contributed by atoms with Crippen molar-refractivity contribution < 1.29 is 58.2 Å². The molecule has 15 nitrogen and oxygen atoms in total. The molecule has 3 amide bonds. The number of unbranched alkanes of at least 4 members (excludes halogenated alkanes) is 2. The summed E-state index contributed by atoms with van der Waals surface area (Å²) in [6.45, 7) is 9.30. The highest BCUT2D eigenvalue weighted by Crippen LogP contribution is 2.22. The summed E-state index contributed by atoms with van der Waals surface area (Å²) in [4.78, 5) is 62.4. The van der Waals surface area contributed by atoms with Gasteiger partial charge in [0.1, 0.15) is 30.4 Å². The molecule has 0 bridgehead atoms. The van der Waals surface area contributed by atoms with Gasteiger partial charge in [-0.1, -0.05) is 66.2 Å². The second kappa shape index (κ2) is 26.0. The molecule has 0 aliphatic carbocycles. The van der Waals surface area contributed by atoms with Gasteiger partial charge in [-0.15, -0.1) is 0 Å². The largest absolute Gasteiger partial charge is 0.465 e. The van der Waals surface area contributed by atoms with E-state index in [0.717, 1.165) is 51.4 Å². The van der Waals surface area contributed by atoms with E-state index in [0.29, 0.717) is 6.61 Å². The molecule has 1 aliphatic rings. The van der Waals surface area contributed by atoms with Crippen LogP contribution in [0.3, 0.4) is 0 Å². The summed E-state index contributed by atoms with van der Waals surface area (Å²) in [6, 6.07) is -2.20. The molecule has 2 unspecified atom stereocenters. The number of aliphatic hydroxyl groups excluding tert-OH is 3. The van der Waals surface area contributed by atoms with Crippen molar-refractivity contribution in [3.63, 3.8) is 0 Å². The van der Waals surface area contributed by atoms with Gasteiger partial charge in [-0.3, -0.25) is 19.2 Å². The smallest absolute Gasteiger partial charge is 0.328 e. The Labute approximate surface area is 296 Å². The summed E-state index contributed by atoms with van der Waals surface area (Å²) in [5.74, 6) is -2.17. The highest BCUT2D eigenvalue weighted by Gasteiger charge is 2.45. The summed E-state index contributed by atoms with van der Waals surface area (Å²) in [5, 5.41) is 37.6. The maximum Gasteiger partial charge on any atom is 0.328 e. The van der Waals surface area contributed by atoms with E-state index in [1.807, 2.05) is 6.92 Å². The molecule has 15 heteroatoms. The van der Waals surface area contributed by atoms with Crippen LogP contribution in [-0.2, 0) is 42.9 Å². The normalized spacial score (nSPS) is 22.1. The minimum Gasteiger partial charge on any atom is -0.465 e. The van der Waals surface area contributed by atoms with Gasteiger partial charge in [0.05, 0.1) is 26.4 Å². The van der Waals surface area contributed by atoms with Crippen molar-refractivity contribution in [2.24, 2.45) is 11.8 Å². The van der Waals surface area contributed by atoms with Crippen LogP contribution in [0.25, 0.3) is 0 Å². The average Bonchev–Trinajstić information content (AvgIpc) is 3.10. The second-order valence-electron chi connectivity index (χ2n) is 13.0. The molecule has 0 saturated carbocycles. The molecule has 1 saturated heterocycles. The Morgan fingerprint density at radius 2 is 1.40 bits per heavy atom. The summed E-state index contributed by atoms with van der Waals surface area (Å²) in [6.07, 6.45) is 1.97. The van der Waals surface area contributed by atoms with Crippen molar-refractivity contribution in [3.8, 4) is 0 Å². The number of ether oxygens (including phenoxy) is 4. The molecule has 0 spiro atoms. The molecule has 0 aromatic rings. The van der Waals surface area contributed by atoms with Gasteiger partial charge in [-0.25, -0.2) is 4.79 Å². The predicted octanol–water partition coefficient (Wildman–Crippen LogP) is 1.63. The Morgan fingerprint density at radius 1 is 0.800 bits per heavy atom. The van der Waals surface area contributed by atoms with Crippen molar-refractivity contribution >= 4 is 29.7 Å². The molecule has 0 radical (unpaired) electrons. The molecular formula is C35H63N3O12. The molecule has 8 atom stereocenters. The van der Waals surface area contributed by atoms with Crippen LogP contribution >= 0.6 is 0 Å². The van der Waals surface area contributed by atoms with E-state index in [1.165, 1.54) is 6.92 Å². The van der Waals surface area contributed by atoms with Gasteiger partial charge in [0, 0.05) is 32.7 Å². The standard InChI is InChI=1S/C35H63N3O12/c1-6-10-12-24(8-3)21-48-30(43)17-14-26(34(46)49-22-25(9-4)13-11-7-2)38-29(42)16-15-28(41)36-18-19-47-35-31(37-23(5)40)33(45)32(44)27(20-39)50-35/h24-27,31-33,35,39,44-45H,6-22H2,1-5H3,(H,36,41)(H,37,40)(H,38,42)/t24?,25?,26-,27+,31+,32-,33+,35+/m0/s1. The third-order valence-electron chi connectivity index (χ3n) is 8.82. The lowest BCUT2D eigenvalue weighted by Crippen LogP contribution is -2.64. The van der Waals surface area contributed by atoms with Gasteiger partial charge in [-0.05, 0) is 31.1 Å². The van der Waals surface area contributed by atoms with Crippen LogP contribution in [0, 0.1) is 11.8 Å². The summed E-state index contributed by atoms with van der Waals surface area (Å²) >= 11 is 0. The first kappa shape index (κ1) is 45.2. The minimum atomic E-state index is -1.47. The van der Waals surface area contributed by atoms with E-state index in [1.54, 1.807) is 0 Å². The Bertz CT molecular complexity index is 1020. The van der Waals surface area contributed by atoms with Crippen molar-refractivity contribution in [2.45, 2.75) is 148 Å². The van der Waals surface area contributed by atoms with E-state index in [4.69, 9.17) is 18.9 Å². The first-order valence-corrected chi connectivity index (χ1v) is 18.3. The number of rotatable bonds is 26. The van der Waals surface area contributed by atoms with Crippen molar-refractivity contribution in [1.82, 2.24) is 16.0 Å². The molecule has 1 fully saturated rings. The van der Waals surface area contributed by atoms with E-state index < -0.39 is 73.0 Å². The molecule has 290 valence electrons. The molecule has 6 N–H and O–H groups in total. The Balaban J connectivity index is 2.66. The van der Waals surface area contributed by atoms with E-state index in [9.17, 15) is 39.3 Å². The minimum absolute atomic E-state index is 0.00394. The van der Waals surface area contributed by atoms with Crippen molar-refractivity contribution in [2.75, 3.05) is 33.0 Å². The van der Waals surface area contributed by atoms with Gasteiger partial charge in [0.15, 0.2) is 6.29 Å². The maximum absolute atomic E-state index is 13.1. The van der Waals surface area contributed by atoms with Crippen LogP contribution < -0.4 is 16.0 Å². The molecular weight excluding hydrogens is 654 g/mol. The number of carbonyl (C=O) groups is 5. The fraction of sp³-hybridized carbons (Fsp3) is 0.857. The topological polar surface area (TPSA) is 219 Å². The number of hydrogen-bond donors (Lipinski definition) is 6. The average molecular weight is 718 g/mol. The molecule has 1 heterocycles. The molecule has 1 rings (SSSR count). The van der Waals surface area contributed by atoms with Crippen LogP contribution in [-0.4, -0.2) is 115 Å². The number of carbonyl (C=O) groups excluding carboxylic acids is 5. The quantitative estimate of drug-likeness (QED) is 0.0556. The second-order valence-corrected chi connectivity index (χ2v) is 13.0. The number of amides is 3. The summed E-state index contributed by atoms with van der Waals surface area (Å²) < 4.78 is 22.1. The van der Waals surface area contributed by atoms with Gasteiger partial charge in [0.25, 0.3) is 0 Å². The number of nitrogens with one attached hydrogen (secondary N) is 3. The van der Waals surface area contributed by atoms with Crippen LogP contribution in [0.2, 0.25) is 0 Å². The van der Waals surface area contributed by atoms with Gasteiger partial charge in [0.2, 0.25) is 17.7 Å². The Morgan fingerprint density at radius 3 is 1.96 bits per heavy atom. The molecule has 0 aromatic heterocycles. The first-order chi connectivity index (χ1) is 23.9. The lowest BCUT2D eigenvalue weighted by molar-refractivity contribution is -0.269. The number of aliphatic hydroxyl groups is 3. The number of esters is 2. The Hall–Kier alpha value is -2.85. The fourth-order valence-corrected chi connectivity index (χ4v) is 5.45. The zero-order chi connectivity index (χ0) is 37.5. The fourth-order valence-electron chi connectivity index (χ4n) is 5.45. The van der Waals surface area contributed by atoms with Crippen molar-refractivity contribution in [1.29, 1.82) is 0 Å². The zero-order valence-electron chi connectivity index (χ0n) is 30.7. The third-order valence-corrected chi connectivity index (χ3v) is 8.82. The zero-order valence-corrected chi connectivity index (χ0v) is 30.7. The van der Waals surface area contributed by atoms with E-state index in [2.05, 4.69) is 36.7 Å². The van der Waals surface area contributed by atoms with Gasteiger partial charge in [-0.2, -0.15) is 0 Å². The molecule has 1 aliphatic heterocycles. The first-order valence-electron chi connectivity index (χ1n) is 18.3. The van der Waals surface area contributed by atoms with Gasteiger partial charge >= 0.3 is 11.9 Å². The van der Waals surface area contributed by atoms with Crippen LogP contribution in [0.4, 0.5) is 0 Å². The van der Waals surface area contributed by atoms with Gasteiger partial charge < -0.3 is 50.2 Å². The van der Waals surface area contributed by atoms with E-state index in [-0.39, 0.29) is 57.3 Å². The van der Waals surface area contributed by atoms with Crippen LogP contribution in [0.15, 0.2) is 0 Å². The SMILES string of the molecule is CCCCC(CC)COC(=O)CC[C@H](NC(=O)CCC(=O)NCCO[C@@H]1O[C@H](CO)[C@H](O)[C@H](O)[C@H]1NC(C)=O)C(=O)OCC(CC)CCCC. The lowest BCUT2D eigenvalue weighted by atomic mass is 9.97. The lowest BCUT2D eigenvalue weighted by Gasteiger charge is -2.42. The van der Waals surface area contributed by atoms with Crippen LogP contribution in [0.5, 0.6) is 0 Å². The Kier molecular flexibility index (Phi) is 23.5. The van der Waals surface area contributed by atoms with Crippen LogP contribution in [0.1, 0.15) is 112 Å². The van der Waals surface area contributed by atoms with E-state index >= 15 is 0 Å².